The third kappa shape index (κ3) is 4.98. The zero-order chi connectivity index (χ0) is 8.85. The Morgan fingerprint density at radius 1 is 1.36 bits per heavy atom. The average molecular weight is 272 g/mol. The highest BCUT2D eigenvalue weighted by molar-refractivity contribution is 14.1. The van der Waals surface area contributed by atoms with Gasteiger partial charge in [-0.2, -0.15) is 0 Å². The highest BCUT2D eigenvalue weighted by atomic mass is 127. The van der Waals surface area contributed by atoms with Gasteiger partial charge in [-0.3, -0.25) is 0 Å². The molecule has 0 amide bonds. The van der Waals surface area contributed by atoms with Crippen LogP contribution in [-0.2, 0) is 0 Å². The third-order valence-electron chi connectivity index (χ3n) is 1.70. The lowest BCUT2D eigenvalue weighted by molar-refractivity contribution is 0.0316. The van der Waals surface area contributed by atoms with Crippen molar-refractivity contribution in [2.75, 3.05) is 0 Å². The fraction of sp³-hybridized carbons (Fsp3) is 1.00. The molecule has 0 aromatic rings. The van der Waals surface area contributed by atoms with Crippen LogP contribution < -0.4 is 0 Å². The van der Waals surface area contributed by atoms with E-state index in [1.54, 1.807) is 6.92 Å². The number of aliphatic hydroxyl groups excluding tert-OH is 2. The Hall–Kier alpha value is 0.650. The van der Waals surface area contributed by atoms with Gasteiger partial charge in [0, 0.05) is 3.92 Å². The lowest BCUT2D eigenvalue weighted by Crippen LogP contribution is -2.31. The van der Waals surface area contributed by atoms with Crippen molar-refractivity contribution in [3.05, 3.63) is 0 Å². The minimum atomic E-state index is -0.603. The number of halogens is 1. The molecule has 11 heavy (non-hydrogen) atoms. The van der Waals surface area contributed by atoms with Crippen LogP contribution in [0.2, 0.25) is 0 Å². The molecule has 0 rings (SSSR count). The SMILES string of the molecule is CCCC[C@@H](I)[C@@H](O)[C@H](C)O. The van der Waals surface area contributed by atoms with Crippen molar-refractivity contribution in [1.29, 1.82) is 0 Å². The van der Waals surface area contributed by atoms with Gasteiger partial charge in [0.05, 0.1) is 12.2 Å². The summed E-state index contributed by atoms with van der Waals surface area (Å²) in [5, 5.41) is 18.4. The summed E-state index contributed by atoms with van der Waals surface area (Å²) in [5.41, 5.74) is 0. The first-order valence-corrected chi connectivity index (χ1v) is 5.34. The fourth-order valence-electron chi connectivity index (χ4n) is 0.872. The number of hydrogen-bond acceptors (Lipinski definition) is 2. The second-order valence-corrected chi connectivity index (χ2v) is 4.49. The molecule has 0 aliphatic rings. The summed E-state index contributed by atoms with van der Waals surface area (Å²) in [6.07, 6.45) is 2.09. The van der Waals surface area contributed by atoms with Crippen molar-refractivity contribution < 1.29 is 10.2 Å². The smallest absolute Gasteiger partial charge is 0.0913 e. The summed E-state index contributed by atoms with van der Waals surface area (Å²) in [6, 6.07) is 0. The molecule has 0 aliphatic heterocycles. The van der Waals surface area contributed by atoms with Crippen molar-refractivity contribution in [1.82, 2.24) is 0 Å². The average Bonchev–Trinajstić information content (AvgIpc) is 1.98. The van der Waals surface area contributed by atoms with E-state index < -0.39 is 12.2 Å². The monoisotopic (exact) mass is 272 g/mol. The number of hydrogen-bond donors (Lipinski definition) is 2. The Kier molecular flexibility index (Phi) is 6.56. The van der Waals surface area contributed by atoms with Crippen molar-refractivity contribution >= 4 is 22.6 Å². The van der Waals surface area contributed by atoms with Crippen LogP contribution in [0, 0.1) is 0 Å². The summed E-state index contributed by atoms with van der Waals surface area (Å²) in [4.78, 5) is 0. The molecule has 0 fully saturated rings. The number of aliphatic hydroxyl groups is 2. The number of unbranched alkanes of at least 4 members (excludes halogenated alkanes) is 1. The van der Waals surface area contributed by atoms with Gasteiger partial charge in [0.25, 0.3) is 0 Å². The highest BCUT2D eigenvalue weighted by Crippen LogP contribution is 2.16. The lowest BCUT2D eigenvalue weighted by atomic mass is 10.1. The van der Waals surface area contributed by atoms with Crippen LogP contribution >= 0.6 is 22.6 Å². The predicted octanol–water partition coefficient (Wildman–Crippen LogP) is 1.72. The van der Waals surface area contributed by atoms with E-state index in [0.717, 1.165) is 19.3 Å². The minimum Gasteiger partial charge on any atom is -0.391 e. The van der Waals surface area contributed by atoms with Crippen LogP contribution in [0.1, 0.15) is 33.1 Å². The van der Waals surface area contributed by atoms with Crippen molar-refractivity contribution in [2.45, 2.75) is 49.2 Å². The molecule has 0 saturated heterocycles. The van der Waals surface area contributed by atoms with Crippen LogP contribution in [0.15, 0.2) is 0 Å². The molecule has 2 N–H and O–H groups in total. The molecule has 0 spiro atoms. The molecule has 0 heterocycles. The van der Waals surface area contributed by atoms with E-state index >= 15 is 0 Å². The summed E-state index contributed by atoms with van der Waals surface area (Å²) in [7, 11) is 0. The van der Waals surface area contributed by atoms with Crippen molar-refractivity contribution in [3.63, 3.8) is 0 Å². The van der Waals surface area contributed by atoms with Crippen LogP contribution in [0.25, 0.3) is 0 Å². The largest absolute Gasteiger partial charge is 0.391 e. The van der Waals surface area contributed by atoms with Crippen molar-refractivity contribution in [3.8, 4) is 0 Å². The molecular weight excluding hydrogens is 255 g/mol. The Balaban J connectivity index is 3.55. The Bertz CT molecular complexity index is 96.1. The molecule has 0 saturated carbocycles. The normalized spacial score (nSPS) is 19.4. The molecule has 3 atom stereocenters. The first-order valence-electron chi connectivity index (χ1n) is 4.09. The molecule has 0 aromatic carbocycles. The van der Waals surface area contributed by atoms with Crippen LogP contribution in [0.3, 0.4) is 0 Å². The molecule has 0 unspecified atom stereocenters. The topological polar surface area (TPSA) is 40.5 Å². The standard InChI is InChI=1S/C8H17IO2/c1-3-4-5-7(9)8(11)6(2)10/h6-8,10-11H,3-5H2,1-2H3/t6-,7+,8-/m0/s1. The summed E-state index contributed by atoms with van der Waals surface area (Å²) in [6.45, 7) is 3.75. The Morgan fingerprint density at radius 2 is 1.91 bits per heavy atom. The van der Waals surface area contributed by atoms with E-state index in [4.69, 9.17) is 5.11 Å². The number of alkyl halides is 1. The number of rotatable bonds is 5. The molecule has 0 aromatic heterocycles. The second kappa shape index (κ2) is 6.20. The minimum absolute atomic E-state index is 0.188. The van der Waals surface area contributed by atoms with Gasteiger partial charge in [0.2, 0.25) is 0 Å². The zero-order valence-corrected chi connectivity index (χ0v) is 9.28. The Morgan fingerprint density at radius 3 is 2.27 bits per heavy atom. The fourth-order valence-corrected chi connectivity index (χ4v) is 1.91. The lowest BCUT2D eigenvalue weighted by Gasteiger charge is -2.19. The van der Waals surface area contributed by atoms with Gasteiger partial charge in [-0.05, 0) is 13.3 Å². The maximum Gasteiger partial charge on any atom is 0.0913 e. The molecule has 0 radical (unpaired) electrons. The van der Waals surface area contributed by atoms with Gasteiger partial charge in [0.15, 0.2) is 0 Å². The summed E-state index contributed by atoms with van der Waals surface area (Å²) >= 11 is 2.20. The maximum absolute atomic E-state index is 9.36. The van der Waals surface area contributed by atoms with Gasteiger partial charge in [-0.1, -0.05) is 42.4 Å². The quantitative estimate of drug-likeness (QED) is 0.591. The van der Waals surface area contributed by atoms with E-state index in [2.05, 4.69) is 29.5 Å². The molecule has 2 nitrogen and oxygen atoms in total. The van der Waals surface area contributed by atoms with E-state index in [1.807, 2.05) is 0 Å². The maximum atomic E-state index is 9.36. The molecule has 68 valence electrons. The van der Waals surface area contributed by atoms with Gasteiger partial charge in [0.1, 0.15) is 0 Å². The van der Waals surface area contributed by atoms with E-state index in [0.29, 0.717) is 0 Å². The van der Waals surface area contributed by atoms with Gasteiger partial charge < -0.3 is 10.2 Å². The third-order valence-corrected chi connectivity index (χ3v) is 3.06. The van der Waals surface area contributed by atoms with Gasteiger partial charge >= 0.3 is 0 Å². The molecule has 3 heteroatoms. The summed E-state index contributed by atoms with van der Waals surface area (Å²) < 4.78 is 0.188. The van der Waals surface area contributed by atoms with E-state index in [1.165, 1.54) is 0 Å². The van der Waals surface area contributed by atoms with Crippen molar-refractivity contribution in [2.24, 2.45) is 0 Å². The van der Waals surface area contributed by atoms with Crippen LogP contribution in [0.5, 0.6) is 0 Å². The summed E-state index contributed by atoms with van der Waals surface area (Å²) in [5.74, 6) is 0. The van der Waals surface area contributed by atoms with E-state index in [9.17, 15) is 5.11 Å². The first kappa shape index (κ1) is 11.6. The highest BCUT2D eigenvalue weighted by Gasteiger charge is 2.19. The molecular formula is C8H17IO2. The van der Waals surface area contributed by atoms with Crippen LogP contribution in [-0.4, -0.2) is 26.3 Å². The van der Waals surface area contributed by atoms with E-state index in [-0.39, 0.29) is 3.92 Å². The van der Waals surface area contributed by atoms with Gasteiger partial charge in [-0.15, -0.1) is 0 Å². The predicted molar refractivity (Wildman–Crippen MR) is 55.0 cm³/mol. The Labute approximate surface area is 82.1 Å². The van der Waals surface area contributed by atoms with Crippen LogP contribution in [0.4, 0.5) is 0 Å². The second-order valence-electron chi connectivity index (χ2n) is 2.89. The first-order chi connectivity index (χ1) is 5.09. The molecule has 0 bridgehead atoms. The molecule has 0 aliphatic carbocycles. The zero-order valence-electron chi connectivity index (χ0n) is 7.13. The van der Waals surface area contributed by atoms with Gasteiger partial charge in [-0.25, -0.2) is 0 Å².